The molecule has 0 spiro atoms. The maximum atomic E-state index is 12.5. The number of nitrogens with one attached hydrogen (secondary N) is 1. The Labute approximate surface area is 126 Å². The van der Waals surface area contributed by atoms with Gasteiger partial charge in [-0.05, 0) is 56.2 Å². The van der Waals surface area contributed by atoms with Gasteiger partial charge in [0.25, 0.3) is 0 Å². The highest BCUT2D eigenvalue weighted by Crippen LogP contribution is 2.27. The molecular formula is C14H24N2O2S2. The van der Waals surface area contributed by atoms with E-state index in [9.17, 15) is 8.42 Å². The van der Waals surface area contributed by atoms with E-state index >= 15 is 0 Å². The minimum absolute atomic E-state index is 0.326. The fraction of sp³-hybridized carbons (Fsp3) is 0.571. The third kappa shape index (κ3) is 3.90. The minimum atomic E-state index is -3.51. The summed E-state index contributed by atoms with van der Waals surface area (Å²) in [5.74, 6) is 0. The second-order valence-corrected chi connectivity index (χ2v) is 8.07. The van der Waals surface area contributed by atoms with E-state index in [1.807, 2.05) is 26.2 Å². The average molecular weight is 316 g/mol. The van der Waals surface area contributed by atoms with Gasteiger partial charge in [-0.25, -0.2) is 13.1 Å². The summed E-state index contributed by atoms with van der Waals surface area (Å²) in [7, 11) is -3.51. The highest BCUT2D eigenvalue weighted by molar-refractivity contribution is 7.99. The average Bonchev–Trinajstić information content (AvgIpc) is 2.36. The van der Waals surface area contributed by atoms with Crippen molar-refractivity contribution in [3.63, 3.8) is 0 Å². The molecule has 0 aliphatic heterocycles. The van der Waals surface area contributed by atoms with Crippen LogP contribution in [-0.4, -0.2) is 26.5 Å². The molecule has 1 aromatic carbocycles. The Hall–Kier alpha value is -0.720. The number of nitrogen functional groups attached to an aromatic ring is 1. The summed E-state index contributed by atoms with van der Waals surface area (Å²) in [6.07, 6.45) is 2.83. The standard InChI is InChI=1S/C14H24N2O2S2/c1-9-8-13(15)12(4)14(11(9)3)20(17,18)16-7-6-10(2)19-5/h8,10,16H,6-7,15H2,1-5H3. The van der Waals surface area contributed by atoms with E-state index in [4.69, 9.17) is 5.73 Å². The van der Waals surface area contributed by atoms with Gasteiger partial charge in [-0.2, -0.15) is 11.8 Å². The minimum Gasteiger partial charge on any atom is -0.398 e. The number of benzene rings is 1. The Morgan fingerprint density at radius 3 is 2.45 bits per heavy atom. The largest absolute Gasteiger partial charge is 0.398 e. The molecule has 1 unspecified atom stereocenters. The predicted octanol–water partition coefficient (Wildman–Crippen LogP) is 2.61. The molecule has 0 aromatic heterocycles. The first-order valence-corrected chi connectivity index (χ1v) is 9.36. The van der Waals surface area contributed by atoms with Crippen molar-refractivity contribution in [3.05, 3.63) is 22.8 Å². The highest BCUT2D eigenvalue weighted by atomic mass is 32.2. The molecule has 3 N–H and O–H groups in total. The SMILES string of the molecule is CSC(C)CCNS(=O)(=O)c1c(C)c(C)cc(N)c1C. The Morgan fingerprint density at radius 2 is 1.90 bits per heavy atom. The fourth-order valence-electron chi connectivity index (χ4n) is 2.03. The van der Waals surface area contributed by atoms with Gasteiger partial charge in [-0.1, -0.05) is 6.92 Å². The topological polar surface area (TPSA) is 72.2 Å². The maximum absolute atomic E-state index is 12.5. The molecule has 114 valence electrons. The van der Waals surface area contributed by atoms with Gasteiger partial charge in [-0.3, -0.25) is 0 Å². The number of hydrogen-bond donors (Lipinski definition) is 2. The van der Waals surface area contributed by atoms with Gasteiger partial charge in [0.05, 0.1) is 4.90 Å². The van der Waals surface area contributed by atoms with Crippen molar-refractivity contribution >= 4 is 27.5 Å². The first kappa shape index (κ1) is 17.3. The summed E-state index contributed by atoms with van der Waals surface area (Å²) in [4.78, 5) is 0.326. The second-order valence-electron chi connectivity index (χ2n) is 5.09. The quantitative estimate of drug-likeness (QED) is 0.791. The number of aryl methyl sites for hydroxylation is 1. The van der Waals surface area contributed by atoms with Crippen LogP contribution < -0.4 is 10.5 Å². The van der Waals surface area contributed by atoms with E-state index < -0.39 is 10.0 Å². The van der Waals surface area contributed by atoms with Crippen LogP contribution in [0.1, 0.15) is 30.0 Å². The molecule has 0 aliphatic carbocycles. The summed E-state index contributed by atoms with van der Waals surface area (Å²) >= 11 is 1.73. The van der Waals surface area contributed by atoms with Crippen molar-refractivity contribution in [1.29, 1.82) is 0 Å². The number of sulfonamides is 1. The van der Waals surface area contributed by atoms with Crippen LogP contribution in [0.2, 0.25) is 0 Å². The van der Waals surface area contributed by atoms with Gasteiger partial charge in [0.2, 0.25) is 10.0 Å². The van der Waals surface area contributed by atoms with Crippen LogP contribution in [-0.2, 0) is 10.0 Å². The van der Waals surface area contributed by atoms with Gasteiger partial charge in [0.15, 0.2) is 0 Å². The van der Waals surface area contributed by atoms with Crippen molar-refractivity contribution in [2.45, 2.75) is 44.3 Å². The van der Waals surface area contributed by atoms with Crippen molar-refractivity contribution in [2.75, 3.05) is 18.5 Å². The number of hydrogen-bond acceptors (Lipinski definition) is 4. The van der Waals surface area contributed by atoms with E-state index in [1.54, 1.807) is 18.7 Å². The van der Waals surface area contributed by atoms with Gasteiger partial charge in [-0.15, -0.1) is 0 Å². The zero-order valence-electron chi connectivity index (χ0n) is 12.8. The maximum Gasteiger partial charge on any atom is 0.241 e. The highest BCUT2D eigenvalue weighted by Gasteiger charge is 2.22. The molecule has 1 atom stereocenters. The molecule has 20 heavy (non-hydrogen) atoms. The van der Waals surface area contributed by atoms with Gasteiger partial charge >= 0.3 is 0 Å². The number of nitrogens with two attached hydrogens (primary N) is 1. The molecule has 0 radical (unpaired) electrons. The fourth-order valence-corrected chi connectivity index (χ4v) is 4.00. The zero-order valence-corrected chi connectivity index (χ0v) is 14.4. The molecule has 6 heteroatoms. The molecule has 0 saturated heterocycles. The van der Waals surface area contributed by atoms with Crippen LogP contribution in [0, 0.1) is 20.8 Å². The number of anilines is 1. The Morgan fingerprint density at radius 1 is 1.30 bits per heavy atom. The zero-order chi connectivity index (χ0) is 15.5. The molecule has 0 heterocycles. The van der Waals surface area contributed by atoms with Gasteiger partial charge in [0, 0.05) is 17.5 Å². The lowest BCUT2D eigenvalue weighted by molar-refractivity contribution is 0.577. The molecular weight excluding hydrogens is 292 g/mol. The van der Waals surface area contributed by atoms with Crippen molar-refractivity contribution in [2.24, 2.45) is 0 Å². The van der Waals surface area contributed by atoms with E-state index in [0.717, 1.165) is 17.5 Å². The summed E-state index contributed by atoms with van der Waals surface area (Å²) in [5, 5.41) is 0.433. The first-order valence-electron chi connectivity index (χ1n) is 6.59. The van der Waals surface area contributed by atoms with E-state index in [1.165, 1.54) is 0 Å². The van der Waals surface area contributed by atoms with Crippen LogP contribution >= 0.6 is 11.8 Å². The molecule has 1 aromatic rings. The van der Waals surface area contributed by atoms with Crippen LogP contribution in [0.15, 0.2) is 11.0 Å². The number of rotatable bonds is 6. The third-order valence-corrected chi connectivity index (χ3v) is 6.37. The van der Waals surface area contributed by atoms with E-state index in [-0.39, 0.29) is 0 Å². The molecule has 4 nitrogen and oxygen atoms in total. The predicted molar refractivity (Wildman–Crippen MR) is 87.8 cm³/mol. The monoisotopic (exact) mass is 316 g/mol. The lowest BCUT2D eigenvalue weighted by Crippen LogP contribution is -2.28. The van der Waals surface area contributed by atoms with Gasteiger partial charge in [0.1, 0.15) is 0 Å². The molecule has 1 rings (SSSR count). The molecule has 0 amide bonds. The van der Waals surface area contributed by atoms with Crippen LogP contribution in [0.25, 0.3) is 0 Å². The van der Waals surface area contributed by atoms with E-state index in [2.05, 4.69) is 11.6 Å². The van der Waals surface area contributed by atoms with Crippen LogP contribution in [0.5, 0.6) is 0 Å². The van der Waals surface area contributed by atoms with Crippen molar-refractivity contribution in [1.82, 2.24) is 4.72 Å². The second kappa shape index (κ2) is 6.83. The Kier molecular flexibility index (Phi) is 5.91. The Bertz CT molecular complexity index is 557. The van der Waals surface area contributed by atoms with Crippen LogP contribution in [0.4, 0.5) is 5.69 Å². The molecule has 0 saturated carbocycles. The lowest BCUT2D eigenvalue weighted by atomic mass is 10.1. The van der Waals surface area contributed by atoms with Crippen LogP contribution in [0.3, 0.4) is 0 Å². The summed E-state index contributed by atoms with van der Waals surface area (Å²) in [6.45, 7) is 7.97. The van der Waals surface area contributed by atoms with Crippen molar-refractivity contribution in [3.8, 4) is 0 Å². The molecule has 0 fully saturated rings. The summed E-state index contributed by atoms with van der Waals surface area (Å²) in [6, 6.07) is 1.82. The Balaban J connectivity index is 3.04. The van der Waals surface area contributed by atoms with Gasteiger partial charge < -0.3 is 5.73 Å². The first-order chi connectivity index (χ1) is 9.20. The summed E-state index contributed by atoms with van der Waals surface area (Å²) in [5.41, 5.74) is 8.69. The lowest BCUT2D eigenvalue weighted by Gasteiger charge is -2.16. The normalized spacial score (nSPS) is 13.4. The summed E-state index contributed by atoms with van der Waals surface area (Å²) < 4.78 is 27.6. The van der Waals surface area contributed by atoms with Crippen molar-refractivity contribution < 1.29 is 8.42 Å². The van der Waals surface area contributed by atoms with E-state index in [0.29, 0.717) is 27.9 Å². The smallest absolute Gasteiger partial charge is 0.241 e. The number of thioether (sulfide) groups is 1. The molecule has 0 bridgehead atoms. The third-order valence-electron chi connectivity index (χ3n) is 3.59. The molecule has 0 aliphatic rings.